The second-order valence-corrected chi connectivity index (χ2v) is 7.67. The van der Waals surface area contributed by atoms with Gasteiger partial charge in [-0.15, -0.1) is 4.91 Å². The van der Waals surface area contributed by atoms with Crippen molar-refractivity contribution < 1.29 is 14.6 Å². The average Bonchev–Trinajstić information content (AvgIpc) is 3.19. The van der Waals surface area contributed by atoms with Crippen LogP contribution in [-0.4, -0.2) is 20.6 Å². The van der Waals surface area contributed by atoms with Crippen LogP contribution in [-0.2, 0) is 34.7 Å². The number of hydrogen-bond acceptors (Lipinski definition) is 7. The van der Waals surface area contributed by atoms with E-state index in [0.717, 1.165) is 16.5 Å². The number of benzene rings is 1. The molecule has 0 saturated heterocycles. The molecule has 8 nitrogen and oxygen atoms in total. The van der Waals surface area contributed by atoms with Crippen LogP contribution in [0.3, 0.4) is 0 Å². The van der Waals surface area contributed by atoms with E-state index >= 15 is 0 Å². The summed E-state index contributed by atoms with van der Waals surface area (Å²) in [5.74, 6) is -0.741. The minimum Gasteiger partial charge on any atom is -0.458 e. The van der Waals surface area contributed by atoms with Crippen LogP contribution in [0.4, 0.5) is 5.69 Å². The summed E-state index contributed by atoms with van der Waals surface area (Å²) in [6, 6.07) is 6.76. The van der Waals surface area contributed by atoms with E-state index < -0.39 is 11.6 Å². The number of aryl methyl sites for hydroxylation is 1. The highest BCUT2D eigenvalue weighted by molar-refractivity contribution is 5.90. The molecule has 166 valence electrons. The van der Waals surface area contributed by atoms with E-state index in [0.29, 0.717) is 46.7 Å². The summed E-state index contributed by atoms with van der Waals surface area (Å²) in [6.07, 6.45) is 0.786. The topological polar surface area (TPSA) is 111 Å². The van der Waals surface area contributed by atoms with Crippen LogP contribution in [0.1, 0.15) is 56.4 Å². The van der Waals surface area contributed by atoms with E-state index in [-0.39, 0.29) is 18.6 Å². The zero-order valence-electron chi connectivity index (χ0n) is 18.6. The van der Waals surface area contributed by atoms with Crippen LogP contribution < -0.4 is 5.56 Å². The highest BCUT2D eigenvalue weighted by Crippen LogP contribution is 2.40. The van der Waals surface area contributed by atoms with Crippen molar-refractivity contribution >= 4 is 22.6 Å². The van der Waals surface area contributed by atoms with Gasteiger partial charge in [0, 0.05) is 16.5 Å². The van der Waals surface area contributed by atoms with E-state index in [1.54, 1.807) is 35.8 Å². The van der Waals surface area contributed by atoms with Gasteiger partial charge in [-0.3, -0.25) is 4.79 Å². The normalized spacial score (nSPS) is 18.2. The maximum Gasteiger partial charge on any atom is 0.343 e. The van der Waals surface area contributed by atoms with Crippen LogP contribution in [0, 0.1) is 4.91 Å². The fourth-order valence-corrected chi connectivity index (χ4v) is 4.61. The van der Waals surface area contributed by atoms with Crippen LogP contribution in [0.2, 0.25) is 0 Å². The number of carbonyl (C=O) groups excluding carboxylic acids is 1. The summed E-state index contributed by atoms with van der Waals surface area (Å²) in [7, 11) is 0. The minimum absolute atomic E-state index is 0.0986. The number of aliphatic hydroxyl groups is 1. The predicted molar refractivity (Wildman–Crippen MR) is 121 cm³/mol. The summed E-state index contributed by atoms with van der Waals surface area (Å²) >= 11 is 0. The number of aromatic nitrogens is 2. The number of rotatable bonds is 3. The first-order valence-corrected chi connectivity index (χ1v) is 10.9. The van der Waals surface area contributed by atoms with Crippen LogP contribution in [0.15, 0.2) is 34.2 Å². The van der Waals surface area contributed by atoms with Gasteiger partial charge in [0.05, 0.1) is 29.0 Å². The molecule has 0 radical (unpaired) electrons. The summed E-state index contributed by atoms with van der Waals surface area (Å²) in [6.45, 7) is 7.86. The SMILES string of the molecule is CC.CCc1c2c(nc3ccc(N=O)cc13)-c1cc3c(c(=O)n1C2)COC(=O)C3(O)CC. The number of hydrogen-bond donors (Lipinski definition) is 1. The standard InChI is InChI=1S/C22H19N3O5.C2H6/c1-3-12-13-7-11(24-29)5-6-17(13)23-19-14(12)9-25-18(19)8-16-15(20(25)26)10-30-21(27)22(16,28)4-2;1-2/h5-8,28H,3-4,9-10H2,1-2H3;1-2H3. The number of esters is 1. The Morgan fingerprint density at radius 1 is 1.19 bits per heavy atom. The van der Waals surface area contributed by atoms with Crippen LogP contribution in [0.25, 0.3) is 22.3 Å². The van der Waals surface area contributed by atoms with Gasteiger partial charge in [-0.05, 0) is 47.8 Å². The molecule has 0 aliphatic carbocycles. The molecule has 2 aliphatic rings. The molecule has 1 aromatic carbocycles. The van der Waals surface area contributed by atoms with E-state index in [1.807, 2.05) is 20.8 Å². The third-order valence-corrected chi connectivity index (χ3v) is 6.25. The third-order valence-electron chi connectivity index (χ3n) is 6.25. The molecule has 1 unspecified atom stereocenters. The van der Waals surface area contributed by atoms with Crippen LogP contribution in [0.5, 0.6) is 0 Å². The van der Waals surface area contributed by atoms with Gasteiger partial charge in [0.2, 0.25) is 0 Å². The Morgan fingerprint density at radius 3 is 2.59 bits per heavy atom. The number of fused-ring (bicyclic) bond motifs is 5. The summed E-state index contributed by atoms with van der Waals surface area (Å²) in [4.78, 5) is 41.3. The highest BCUT2D eigenvalue weighted by atomic mass is 16.6. The number of ether oxygens (including phenoxy) is 1. The Balaban J connectivity index is 0.00000119. The largest absolute Gasteiger partial charge is 0.458 e. The Labute approximate surface area is 184 Å². The first-order chi connectivity index (χ1) is 15.4. The molecule has 0 bridgehead atoms. The Morgan fingerprint density at radius 2 is 1.94 bits per heavy atom. The van der Waals surface area contributed by atoms with E-state index in [9.17, 15) is 19.6 Å². The second-order valence-electron chi connectivity index (χ2n) is 7.67. The maximum absolute atomic E-state index is 13.3. The van der Waals surface area contributed by atoms with Crippen molar-refractivity contribution in [2.75, 3.05) is 0 Å². The third kappa shape index (κ3) is 2.90. The lowest BCUT2D eigenvalue weighted by molar-refractivity contribution is -0.172. The zero-order valence-corrected chi connectivity index (χ0v) is 18.6. The predicted octanol–water partition coefficient (Wildman–Crippen LogP) is 4.07. The molecule has 0 fully saturated rings. The van der Waals surface area contributed by atoms with Gasteiger partial charge in [-0.2, -0.15) is 0 Å². The van der Waals surface area contributed by atoms with Gasteiger partial charge < -0.3 is 14.4 Å². The molecule has 8 heteroatoms. The molecule has 0 amide bonds. The molecule has 1 atom stereocenters. The van der Waals surface area contributed by atoms with Gasteiger partial charge in [0.25, 0.3) is 5.56 Å². The highest BCUT2D eigenvalue weighted by Gasteiger charge is 2.45. The zero-order chi connectivity index (χ0) is 23.2. The lowest BCUT2D eigenvalue weighted by Gasteiger charge is -2.31. The molecule has 2 aromatic heterocycles. The molecule has 0 saturated carbocycles. The van der Waals surface area contributed by atoms with Crippen molar-refractivity contribution in [3.05, 3.63) is 61.8 Å². The Bertz CT molecular complexity index is 1330. The maximum atomic E-state index is 13.3. The first-order valence-electron chi connectivity index (χ1n) is 10.9. The molecular weight excluding hydrogens is 410 g/mol. The van der Waals surface area contributed by atoms with Crippen LogP contribution >= 0.6 is 0 Å². The molecule has 0 spiro atoms. The van der Waals surface area contributed by atoms with Crippen molar-refractivity contribution in [1.82, 2.24) is 9.55 Å². The fraction of sp³-hybridized carbons (Fsp3) is 0.375. The van der Waals surface area contributed by atoms with Crippen molar-refractivity contribution in [3.8, 4) is 11.4 Å². The quantitative estimate of drug-likeness (QED) is 0.384. The Kier molecular flexibility index (Phi) is 5.42. The Hall–Kier alpha value is -3.39. The van der Waals surface area contributed by atoms with Gasteiger partial charge in [-0.25, -0.2) is 9.78 Å². The number of carbonyl (C=O) groups is 1. The van der Waals surface area contributed by atoms with Gasteiger partial charge in [0.15, 0.2) is 5.60 Å². The lowest BCUT2D eigenvalue weighted by Crippen LogP contribution is -2.44. The summed E-state index contributed by atoms with van der Waals surface area (Å²) < 4.78 is 6.72. The minimum atomic E-state index is -1.85. The average molecular weight is 435 g/mol. The smallest absolute Gasteiger partial charge is 0.343 e. The molecule has 1 N–H and O–H groups in total. The molecule has 5 rings (SSSR count). The van der Waals surface area contributed by atoms with E-state index in [4.69, 9.17) is 9.72 Å². The molecule has 4 heterocycles. The monoisotopic (exact) mass is 435 g/mol. The number of cyclic esters (lactones) is 1. The first kappa shape index (κ1) is 21.8. The lowest BCUT2D eigenvalue weighted by atomic mass is 9.86. The van der Waals surface area contributed by atoms with Gasteiger partial charge in [-0.1, -0.05) is 27.7 Å². The second kappa shape index (κ2) is 7.94. The molecular formula is C24H25N3O5. The summed E-state index contributed by atoms with van der Waals surface area (Å²) in [5.41, 5.74) is 2.61. The number of pyridine rings is 2. The van der Waals surface area contributed by atoms with Gasteiger partial charge in [0.1, 0.15) is 12.3 Å². The van der Waals surface area contributed by atoms with E-state index in [1.165, 1.54) is 0 Å². The van der Waals surface area contributed by atoms with Crippen molar-refractivity contribution in [2.24, 2.45) is 5.18 Å². The van der Waals surface area contributed by atoms with Crippen molar-refractivity contribution in [1.29, 1.82) is 0 Å². The molecule has 32 heavy (non-hydrogen) atoms. The van der Waals surface area contributed by atoms with E-state index in [2.05, 4.69) is 5.18 Å². The molecule has 2 aliphatic heterocycles. The summed E-state index contributed by atoms with van der Waals surface area (Å²) in [5, 5.41) is 14.8. The number of nitroso groups, excluding NO2 is 1. The fourth-order valence-electron chi connectivity index (χ4n) is 4.61. The number of nitrogens with zero attached hydrogens (tertiary/aromatic N) is 3. The van der Waals surface area contributed by atoms with Crippen molar-refractivity contribution in [3.63, 3.8) is 0 Å². The van der Waals surface area contributed by atoms with Crippen molar-refractivity contribution in [2.45, 2.75) is 59.3 Å². The van der Waals surface area contributed by atoms with Gasteiger partial charge >= 0.3 is 5.97 Å². The molecule has 3 aromatic rings.